The quantitative estimate of drug-likeness (QED) is 0.830. The molecule has 1 fully saturated rings. The summed E-state index contributed by atoms with van der Waals surface area (Å²) in [6.07, 6.45) is 2.15. The maximum absolute atomic E-state index is 12.2. The molecule has 1 heterocycles. The number of rotatable bonds is 6. The predicted molar refractivity (Wildman–Crippen MR) is 85.2 cm³/mol. The van der Waals surface area contributed by atoms with Gasteiger partial charge in [-0.05, 0) is 44.6 Å². The number of piperidine rings is 1. The number of likely N-dealkylation sites (N-methyl/N-ethyl adjacent to an activating group) is 1. The Morgan fingerprint density at radius 1 is 1.52 bits per heavy atom. The van der Waals surface area contributed by atoms with Crippen molar-refractivity contribution in [2.24, 2.45) is 0 Å². The summed E-state index contributed by atoms with van der Waals surface area (Å²) in [5, 5.41) is 5.96. The van der Waals surface area contributed by atoms with Crippen LogP contribution >= 0.6 is 11.6 Å². The van der Waals surface area contributed by atoms with Gasteiger partial charge in [0.05, 0.1) is 11.6 Å². The highest BCUT2D eigenvalue weighted by Crippen LogP contribution is 2.28. The lowest BCUT2D eigenvalue weighted by atomic mass is 10.1. The standard InChI is InChI=1S/C15H20ClF2N3O2/c1-19-11-3-2-6-21(8-11)9-14(22)20-10-4-5-13(12(16)7-10)23-15(17)18/h4-5,7,11,15,19H,2-3,6,8-9H2,1H3,(H,20,22). The molecule has 0 bridgehead atoms. The van der Waals surface area contributed by atoms with Gasteiger partial charge in [0.25, 0.3) is 0 Å². The SMILES string of the molecule is CNC1CCCN(CC(=O)Nc2ccc(OC(F)F)c(Cl)c2)C1. The summed E-state index contributed by atoms with van der Waals surface area (Å²) in [5.74, 6) is -0.284. The minimum Gasteiger partial charge on any atom is -0.433 e. The Balaban J connectivity index is 1.88. The molecule has 0 aliphatic carbocycles. The van der Waals surface area contributed by atoms with Gasteiger partial charge in [-0.1, -0.05) is 11.6 Å². The van der Waals surface area contributed by atoms with Crippen molar-refractivity contribution in [1.82, 2.24) is 10.2 Å². The van der Waals surface area contributed by atoms with E-state index >= 15 is 0 Å². The van der Waals surface area contributed by atoms with Gasteiger partial charge in [-0.25, -0.2) is 0 Å². The summed E-state index contributed by atoms with van der Waals surface area (Å²) in [5.41, 5.74) is 0.448. The largest absolute Gasteiger partial charge is 0.433 e. The van der Waals surface area contributed by atoms with Crippen molar-refractivity contribution in [3.8, 4) is 5.75 Å². The number of halogens is 3. The van der Waals surface area contributed by atoms with Gasteiger partial charge in [-0.2, -0.15) is 8.78 Å². The summed E-state index contributed by atoms with van der Waals surface area (Å²) >= 11 is 5.86. The fraction of sp³-hybridized carbons (Fsp3) is 0.533. The number of hydrogen-bond acceptors (Lipinski definition) is 4. The van der Waals surface area contributed by atoms with Gasteiger partial charge >= 0.3 is 6.61 Å². The monoisotopic (exact) mass is 347 g/mol. The van der Waals surface area contributed by atoms with Crippen molar-refractivity contribution < 1.29 is 18.3 Å². The number of alkyl halides is 2. The smallest absolute Gasteiger partial charge is 0.387 e. The Morgan fingerprint density at radius 2 is 2.30 bits per heavy atom. The van der Waals surface area contributed by atoms with Crippen LogP contribution in [-0.2, 0) is 4.79 Å². The number of hydrogen-bond donors (Lipinski definition) is 2. The Labute approximate surface area is 138 Å². The molecule has 8 heteroatoms. The molecule has 0 saturated carbocycles. The molecule has 0 spiro atoms. The van der Waals surface area contributed by atoms with Gasteiger partial charge in [0.15, 0.2) is 0 Å². The van der Waals surface area contributed by atoms with Gasteiger partial charge in [0.2, 0.25) is 5.91 Å². The number of ether oxygens (including phenoxy) is 1. The summed E-state index contributed by atoms with van der Waals surface area (Å²) < 4.78 is 28.6. The summed E-state index contributed by atoms with van der Waals surface area (Å²) in [7, 11) is 1.92. The Hall–Kier alpha value is -1.44. The van der Waals surface area contributed by atoms with Crippen LogP contribution in [0.4, 0.5) is 14.5 Å². The summed E-state index contributed by atoms with van der Waals surface area (Å²) in [6, 6.07) is 4.58. The van der Waals surface area contributed by atoms with Crippen LogP contribution in [0.3, 0.4) is 0 Å². The van der Waals surface area contributed by atoms with E-state index in [0.29, 0.717) is 11.7 Å². The van der Waals surface area contributed by atoms with Crippen LogP contribution in [0.5, 0.6) is 5.75 Å². The molecule has 1 aliphatic rings. The molecule has 2 rings (SSSR count). The zero-order chi connectivity index (χ0) is 16.8. The number of anilines is 1. The topological polar surface area (TPSA) is 53.6 Å². The normalized spacial score (nSPS) is 18.9. The molecule has 5 nitrogen and oxygen atoms in total. The van der Waals surface area contributed by atoms with Gasteiger partial charge < -0.3 is 15.4 Å². The van der Waals surface area contributed by atoms with E-state index in [9.17, 15) is 13.6 Å². The maximum atomic E-state index is 12.2. The van der Waals surface area contributed by atoms with Gasteiger partial charge in [0, 0.05) is 18.3 Å². The van der Waals surface area contributed by atoms with Crippen LogP contribution < -0.4 is 15.4 Å². The van der Waals surface area contributed by atoms with E-state index in [0.717, 1.165) is 25.9 Å². The molecule has 1 saturated heterocycles. The molecule has 1 aromatic rings. The maximum Gasteiger partial charge on any atom is 0.387 e. The zero-order valence-electron chi connectivity index (χ0n) is 12.8. The van der Waals surface area contributed by atoms with Crippen LogP contribution in [0.1, 0.15) is 12.8 Å². The van der Waals surface area contributed by atoms with Crippen molar-refractivity contribution in [1.29, 1.82) is 0 Å². The molecule has 1 amide bonds. The molecule has 2 N–H and O–H groups in total. The lowest BCUT2D eigenvalue weighted by molar-refractivity contribution is -0.117. The minimum absolute atomic E-state index is 0.0244. The Bertz CT molecular complexity index is 545. The lowest BCUT2D eigenvalue weighted by Gasteiger charge is -2.31. The molecule has 1 aliphatic heterocycles. The summed E-state index contributed by atoms with van der Waals surface area (Å²) in [4.78, 5) is 14.2. The van der Waals surface area contributed by atoms with E-state index in [1.165, 1.54) is 18.2 Å². The van der Waals surface area contributed by atoms with E-state index in [-0.39, 0.29) is 23.2 Å². The van der Waals surface area contributed by atoms with E-state index in [1.54, 1.807) is 0 Å². The van der Waals surface area contributed by atoms with Crippen LogP contribution in [0.2, 0.25) is 5.02 Å². The van der Waals surface area contributed by atoms with Crippen LogP contribution in [0.15, 0.2) is 18.2 Å². The van der Waals surface area contributed by atoms with Crippen molar-refractivity contribution in [2.75, 3.05) is 32.0 Å². The number of carbonyl (C=O) groups excluding carboxylic acids is 1. The van der Waals surface area contributed by atoms with Crippen molar-refractivity contribution in [2.45, 2.75) is 25.5 Å². The third kappa shape index (κ3) is 5.60. The van der Waals surface area contributed by atoms with E-state index in [2.05, 4.69) is 20.3 Å². The Kier molecular flexibility index (Phi) is 6.56. The molecule has 23 heavy (non-hydrogen) atoms. The third-order valence-corrected chi connectivity index (χ3v) is 4.01. The number of nitrogens with zero attached hydrogens (tertiary/aromatic N) is 1. The van der Waals surface area contributed by atoms with Gasteiger partial charge in [-0.3, -0.25) is 9.69 Å². The minimum atomic E-state index is -2.94. The molecule has 128 valence electrons. The number of benzene rings is 1. The third-order valence-electron chi connectivity index (χ3n) is 3.71. The first-order chi connectivity index (χ1) is 11.0. The molecule has 1 aromatic carbocycles. The van der Waals surface area contributed by atoms with Crippen molar-refractivity contribution in [3.63, 3.8) is 0 Å². The predicted octanol–water partition coefficient (Wildman–Crippen LogP) is 2.56. The fourth-order valence-corrected chi connectivity index (χ4v) is 2.83. The lowest BCUT2D eigenvalue weighted by Crippen LogP contribution is -2.46. The second-order valence-electron chi connectivity index (χ2n) is 5.43. The summed E-state index contributed by atoms with van der Waals surface area (Å²) in [6.45, 7) is -0.947. The fourth-order valence-electron chi connectivity index (χ4n) is 2.61. The molecular weight excluding hydrogens is 328 g/mol. The number of nitrogens with one attached hydrogen (secondary N) is 2. The molecule has 1 unspecified atom stereocenters. The molecular formula is C15H20ClF2N3O2. The first-order valence-corrected chi connectivity index (χ1v) is 7.79. The molecule has 0 radical (unpaired) electrons. The second kappa shape index (κ2) is 8.42. The van der Waals surface area contributed by atoms with Crippen molar-refractivity contribution in [3.05, 3.63) is 23.2 Å². The average Bonchev–Trinajstić information content (AvgIpc) is 2.49. The first kappa shape index (κ1) is 17.9. The van der Waals surface area contributed by atoms with E-state index < -0.39 is 6.61 Å². The highest BCUT2D eigenvalue weighted by atomic mass is 35.5. The molecule has 1 atom stereocenters. The van der Waals surface area contributed by atoms with E-state index in [1.807, 2.05) is 7.05 Å². The highest BCUT2D eigenvalue weighted by Gasteiger charge is 2.20. The highest BCUT2D eigenvalue weighted by molar-refractivity contribution is 6.32. The van der Waals surface area contributed by atoms with Crippen molar-refractivity contribution >= 4 is 23.2 Å². The Morgan fingerprint density at radius 3 is 2.96 bits per heavy atom. The van der Waals surface area contributed by atoms with Gasteiger partial charge in [0.1, 0.15) is 5.75 Å². The van der Waals surface area contributed by atoms with Gasteiger partial charge in [-0.15, -0.1) is 0 Å². The second-order valence-corrected chi connectivity index (χ2v) is 5.84. The number of likely N-dealkylation sites (tertiary alicyclic amines) is 1. The molecule has 0 aromatic heterocycles. The average molecular weight is 348 g/mol. The van der Waals surface area contributed by atoms with Crippen LogP contribution in [0, 0.1) is 0 Å². The zero-order valence-corrected chi connectivity index (χ0v) is 13.6. The first-order valence-electron chi connectivity index (χ1n) is 7.41. The number of carbonyl (C=O) groups is 1. The number of amides is 1. The van der Waals surface area contributed by atoms with Crippen LogP contribution in [-0.4, -0.2) is 50.1 Å². The van der Waals surface area contributed by atoms with E-state index in [4.69, 9.17) is 11.6 Å². The van der Waals surface area contributed by atoms with Crippen LogP contribution in [0.25, 0.3) is 0 Å².